The molecule has 0 bridgehead atoms. The van der Waals surface area contributed by atoms with E-state index in [0.29, 0.717) is 0 Å². The summed E-state index contributed by atoms with van der Waals surface area (Å²) in [6.07, 6.45) is 3.87. The maximum Gasteiger partial charge on any atom is 0.207 e. The standard InChI is InChI=1S/C17H19N3S/c1-17(2,15-9-6-12-21-15)13-20-11-10-18-16(20)19-14-7-4-3-5-8-14/h3-12H,13H2,1-2H3,(H,18,19). The van der Waals surface area contributed by atoms with E-state index < -0.39 is 0 Å². The molecular weight excluding hydrogens is 278 g/mol. The zero-order valence-corrected chi connectivity index (χ0v) is 13.1. The number of nitrogens with zero attached hydrogens (tertiary/aromatic N) is 2. The molecule has 0 unspecified atom stereocenters. The second-order valence-electron chi connectivity index (χ2n) is 5.73. The minimum atomic E-state index is 0.0853. The van der Waals surface area contributed by atoms with Gasteiger partial charge in [-0.3, -0.25) is 0 Å². The number of nitrogens with one attached hydrogen (secondary N) is 1. The lowest BCUT2D eigenvalue weighted by Gasteiger charge is -2.25. The molecule has 1 aromatic carbocycles. The van der Waals surface area contributed by atoms with Crippen molar-refractivity contribution in [3.05, 3.63) is 65.1 Å². The molecule has 0 saturated heterocycles. The Morgan fingerprint density at radius 3 is 2.67 bits per heavy atom. The third-order valence-corrected chi connectivity index (χ3v) is 4.74. The first-order valence-electron chi connectivity index (χ1n) is 7.02. The lowest BCUT2D eigenvalue weighted by Crippen LogP contribution is -2.23. The first-order valence-corrected chi connectivity index (χ1v) is 7.90. The zero-order chi connectivity index (χ0) is 14.7. The van der Waals surface area contributed by atoms with Crippen molar-refractivity contribution in [3.63, 3.8) is 0 Å². The molecule has 0 fully saturated rings. The first-order chi connectivity index (χ1) is 10.1. The van der Waals surface area contributed by atoms with Crippen LogP contribution in [-0.2, 0) is 12.0 Å². The molecule has 2 heterocycles. The average Bonchev–Trinajstić information content (AvgIpc) is 3.12. The highest BCUT2D eigenvalue weighted by molar-refractivity contribution is 7.10. The van der Waals surface area contributed by atoms with Gasteiger partial charge >= 0.3 is 0 Å². The third-order valence-electron chi connectivity index (χ3n) is 3.50. The van der Waals surface area contributed by atoms with Crippen molar-refractivity contribution in [2.75, 3.05) is 5.32 Å². The second kappa shape index (κ2) is 5.74. The summed E-state index contributed by atoms with van der Waals surface area (Å²) < 4.78 is 2.17. The fourth-order valence-corrected chi connectivity index (χ4v) is 3.22. The lowest BCUT2D eigenvalue weighted by atomic mass is 9.91. The van der Waals surface area contributed by atoms with Crippen LogP contribution in [0.2, 0.25) is 0 Å². The number of thiophene rings is 1. The van der Waals surface area contributed by atoms with Crippen LogP contribution in [0, 0.1) is 0 Å². The highest BCUT2D eigenvalue weighted by atomic mass is 32.1. The Bertz CT molecular complexity index is 684. The molecule has 0 saturated carbocycles. The third kappa shape index (κ3) is 3.16. The molecule has 3 nitrogen and oxygen atoms in total. The highest BCUT2D eigenvalue weighted by Crippen LogP contribution is 2.30. The molecule has 0 aliphatic carbocycles. The van der Waals surface area contributed by atoms with Crippen molar-refractivity contribution < 1.29 is 0 Å². The van der Waals surface area contributed by atoms with Gasteiger partial charge < -0.3 is 9.88 Å². The van der Waals surface area contributed by atoms with Crippen LogP contribution in [0.3, 0.4) is 0 Å². The number of rotatable bonds is 5. The minimum Gasteiger partial charge on any atom is -0.326 e. The predicted molar refractivity (Wildman–Crippen MR) is 89.3 cm³/mol. The summed E-state index contributed by atoms with van der Waals surface area (Å²) in [4.78, 5) is 5.82. The van der Waals surface area contributed by atoms with Gasteiger partial charge in [0.1, 0.15) is 0 Å². The summed E-state index contributed by atoms with van der Waals surface area (Å²) >= 11 is 1.81. The quantitative estimate of drug-likeness (QED) is 0.742. The van der Waals surface area contributed by atoms with Gasteiger partial charge in [0.2, 0.25) is 5.95 Å². The molecule has 0 radical (unpaired) electrons. The van der Waals surface area contributed by atoms with Crippen LogP contribution in [0.25, 0.3) is 0 Å². The van der Waals surface area contributed by atoms with Gasteiger partial charge in [0.15, 0.2) is 0 Å². The monoisotopic (exact) mass is 297 g/mol. The summed E-state index contributed by atoms with van der Waals surface area (Å²) in [6, 6.07) is 14.4. The van der Waals surface area contributed by atoms with Crippen LogP contribution in [0.5, 0.6) is 0 Å². The van der Waals surface area contributed by atoms with Crippen LogP contribution in [-0.4, -0.2) is 9.55 Å². The maximum absolute atomic E-state index is 4.43. The van der Waals surface area contributed by atoms with Gasteiger partial charge in [-0.1, -0.05) is 38.1 Å². The Morgan fingerprint density at radius 1 is 1.14 bits per heavy atom. The van der Waals surface area contributed by atoms with Crippen LogP contribution in [0.4, 0.5) is 11.6 Å². The first kappa shape index (κ1) is 13.9. The van der Waals surface area contributed by atoms with Gasteiger partial charge in [0, 0.05) is 34.9 Å². The maximum atomic E-state index is 4.43. The number of aromatic nitrogens is 2. The molecule has 0 atom stereocenters. The SMILES string of the molecule is CC(C)(Cn1ccnc1Nc1ccccc1)c1cccs1. The molecule has 1 N–H and O–H groups in total. The summed E-state index contributed by atoms with van der Waals surface area (Å²) in [5, 5.41) is 5.51. The molecule has 3 aromatic rings. The number of hydrogen-bond acceptors (Lipinski definition) is 3. The molecule has 3 rings (SSSR count). The number of benzene rings is 1. The fourth-order valence-electron chi connectivity index (χ4n) is 2.38. The van der Waals surface area contributed by atoms with Crippen molar-refractivity contribution >= 4 is 23.0 Å². The van der Waals surface area contributed by atoms with E-state index in [9.17, 15) is 0 Å². The van der Waals surface area contributed by atoms with Crippen LogP contribution in [0.15, 0.2) is 60.2 Å². The number of hydrogen-bond donors (Lipinski definition) is 1. The Kier molecular flexibility index (Phi) is 3.80. The van der Waals surface area contributed by atoms with Gasteiger partial charge in [0.05, 0.1) is 0 Å². The van der Waals surface area contributed by atoms with E-state index in [-0.39, 0.29) is 5.41 Å². The molecule has 108 valence electrons. The molecule has 4 heteroatoms. The Hall–Kier alpha value is -2.07. The van der Waals surface area contributed by atoms with Crippen LogP contribution < -0.4 is 5.32 Å². The molecule has 0 aliphatic rings. The van der Waals surface area contributed by atoms with E-state index in [1.807, 2.05) is 54.1 Å². The molecule has 0 spiro atoms. The summed E-state index contributed by atoms with van der Waals surface area (Å²) in [6.45, 7) is 5.43. The van der Waals surface area contributed by atoms with E-state index in [1.165, 1.54) is 4.88 Å². The van der Waals surface area contributed by atoms with Crippen molar-refractivity contribution in [1.29, 1.82) is 0 Å². The zero-order valence-electron chi connectivity index (χ0n) is 12.3. The van der Waals surface area contributed by atoms with Crippen molar-refractivity contribution in [2.45, 2.75) is 25.8 Å². The van der Waals surface area contributed by atoms with Crippen LogP contribution >= 0.6 is 11.3 Å². The molecule has 0 amide bonds. The van der Waals surface area contributed by atoms with Gasteiger partial charge in [0.25, 0.3) is 0 Å². The predicted octanol–water partition coefficient (Wildman–Crippen LogP) is 4.67. The van der Waals surface area contributed by atoms with Crippen LogP contribution in [0.1, 0.15) is 18.7 Å². The van der Waals surface area contributed by atoms with Gasteiger partial charge in [-0.25, -0.2) is 4.98 Å². The molecule has 21 heavy (non-hydrogen) atoms. The minimum absolute atomic E-state index is 0.0853. The van der Waals surface area contributed by atoms with E-state index >= 15 is 0 Å². The smallest absolute Gasteiger partial charge is 0.207 e. The Morgan fingerprint density at radius 2 is 1.95 bits per heavy atom. The van der Waals surface area contributed by atoms with Gasteiger partial charge in [-0.15, -0.1) is 11.3 Å². The Labute approximate surface area is 129 Å². The molecule has 0 aliphatic heterocycles. The Balaban J connectivity index is 1.80. The summed E-state index contributed by atoms with van der Waals surface area (Å²) in [7, 11) is 0. The average molecular weight is 297 g/mol. The number of para-hydroxylation sites is 1. The topological polar surface area (TPSA) is 29.9 Å². The normalized spacial score (nSPS) is 11.5. The van der Waals surface area contributed by atoms with Gasteiger partial charge in [-0.05, 0) is 23.6 Å². The molecule has 2 aromatic heterocycles. The fraction of sp³-hybridized carbons (Fsp3) is 0.235. The lowest BCUT2D eigenvalue weighted by molar-refractivity contribution is 0.446. The van der Waals surface area contributed by atoms with Gasteiger partial charge in [-0.2, -0.15) is 0 Å². The van der Waals surface area contributed by atoms with E-state index in [4.69, 9.17) is 0 Å². The van der Waals surface area contributed by atoms with Crippen molar-refractivity contribution in [1.82, 2.24) is 9.55 Å². The number of imidazole rings is 1. The van der Waals surface area contributed by atoms with Crippen molar-refractivity contribution in [3.8, 4) is 0 Å². The number of anilines is 2. The van der Waals surface area contributed by atoms with E-state index in [0.717, 1.165) is 18.2 Å². The molecular formula is C17H19N3S. The second-order valence-corrected chi connectivity index (χ2v) is 6.68. The van der Waals surface area contributed by atoms with E-state index in [1.54, 1.807) is 0 Å². The largest absolute Gasteiger partial charge is 0.326 e. The van der Waals surface area contributed by atoms with Crippen molar-refractivity contribution in [2.24, 2.45) is 0 Å². The van der Waals surface area contributed by atoms with E-state index in [2.05, 4.69) is 46.2 Å². The highest BCUT2D eigenvalue weighted by Gasteiger charge is 2.23. The summed E-state index contributed by atoms with van der Waals surface area (Å²) in [5.74, 6) is 0.880. The summed E-state index contributed by atoms with van der Waals surface area (Å²) in [5.41, 5.74) is 1.14.